The molecule has 2 saturated heterocycles. The Kier molecular flexibility index (Phi) is 5.58. The van der Waals surface area contributed by atoms with Gasteiger partial charge in [0.2, 0.25) is 0 Å². The average Bonchev–Trinajstić information content (AvgIpc) is 3.23. The van der Waals surface area contributed by atoms with Gasteiger partial charge in [-0.2, -0.15) is 0 Å². The quantitative estimate of drug-likeness (QED) is 0.438. The zero-order chi connectivity index (χ0) is 21.4. The lowest BCUT2D eigenvalue weighted by atomic mass is 10.0. The van der Waals surface area contributed by atoms with Crippen LogP contribution in [0.15, 0.2) is 42.0 Å². The zero-order valence-electron chi connectivity index (χ0n) is 16.2. The van der Waals surface area contributed by atoms with Crippen LogP contribution in [0.1, 0.15) is 24.0 Å². The van der Waals surface area contributed by atoms with Gasteiger partial charge in [-0.25, -0.2) is 4.39 Å². The first-order valence-electron chi connectivity index (χ1n) is 9.57. The fraction of sp³-hybridized carbons (Fsp3) is 0.227. The van der Waals surface area contributed by atoms with E-state index in [0.717, 1.165) is 31.5 Å². The first-order valence-corrected chi connectivity index (χ1v) is 10.4. The molecule has 154 valence electrons. The summed E-state index contributed by atoms with van der Waals surface area (Å²) in [6.07, 6.45) is 3.49. The number of anilines is 2. The lowest BCUT2D eigenvalue weighted by molar-refractivity contribution is -0.122. The fourth-order valence-electron chi connectivity index (χ4n) is 3.68. The van der Waals surface area contributed by atoms with Crippen LogP contribution in [-0.2, 0) is 9.59 Å². The van der Waals surface area contributed by atoms with Crippen molar-refractivity contribution in [2.45, 2.75) is 19.8 Å². The van der Waals surface area contributed by atoms with Gasteiger partial charge >= 0.3 is 0 Å². The number of aryl methyl sites for hydroxylation is 1. The van der Waals surface area contributed by atoms with Crippen LogP contribution in [0.3, 0.4) is 0 Å². The third-order valence-corrected chi connectivity index (χ3v) is 5.81. The Morgan fingerprint density at radius 2 is 1.80 bits per heavy atom. The van der Waals surface area contributed by atoms with Gasteiger partial charge in [-0.05, 0) is 85.6 Å². The molecule has 4 rings (SSSR count). The minimum Gasteiger partial charge on any atom is -0.369 e. The molecule has 2 fully saturated rings. The molecule has 1 N–H and O–H groups in total. The van der Waals surface area contributed by atoms with E-state index in [1.165, 1.54) is 17.0 Å². The summed E-state index contributed by atoms with van der Waals surface area (Å²) in [4.78, 5) is 28.8. The molecule has 0 spiro atoms. The molecule has 2 aromatic carbocycles. The van der Waals surface area contributed by atoms with Crippen LogP contribution in [0, 0.1) is 12.7 Å². The van der Waals surface area contributed by atoms with Gasteiger partial charge < -0.3 is 4.90 Å². The van der Waals surface area contributed by atoms with E-state index < -0.39 is 11.8 Å². The predicted molar refractivity (Wildman–Crippen MR) is 120 cm³/mol. The van der Waals surface area contributed by atoms with E-state index >= 15 is 0 Å². The molecular weight excluding hydrogens is 425 g/mol. The number of hydrogen-bond acceptors (Lipinski definition) is 4. The lowest BCUT2D eigenvalue weighted by Crippen LogP contribution is -2.54. The monoisotopic (exact) mass is 443 g/mol. The third-order valence-electron chi connectivity index (χ3n) is 5.27. The van der Waals surface area contributed by atoms with Gasteiger partial charge in [-0.1, -0.05) is 11.6 Å². The molecule has 0 aromatic heterocycles. The number of thiocarbonyl (C=S) groups is 1. The molecule has 0 unspecified atom stereocenters. The summed E-state index contributed by atoms with van der Waals surface area (Å²) in [7, 11) is 0. The summed E-state index contributed by atoms with van der Waals surface area (Å²) in [5.74, 6) is -1.56. The standard InChI is InChI=1S/C22H19ClFN3O2S/c1-13-10-19(26-8-2-3-9-26)18(24)12-14(13)11-17-20(28)25-22(30)27(21(17)29)16-6-4-15(23)5-7-16/h4-7,10-12H,2-3,8-9H2,1H3,(H,25,28,30)/b17-11+. The normalized spacial score (nSPS) is 18.4. The fourth-order valence-corrected chi connectivity index (χ4v) is 4.08. The van der Waals surface area contributed by atoms with Crippen molar-refractivity contribution in [3.8, 4) is 0 Å². The third kappa shape index (κ3) is 3.82. The Bertz CT molecular complexity index is 1080. The van der Waals surface area contributed by atoms with Gasteiger partial charge in [0.05, 0.1) is 11.4 Å². The molecule has 0 bridgehead atoms. The van der Waals surface area contributed by atoms with Crippen molar-refractivity contribution in [1.29, 1.82) is 0 Å². The minimum atomic E-state index is -0.612. The molecule has 2 heterocycles. The van der Waals surface area contributed by atoms with E-state index in [1.807, 2.05) is 11.8 Å². The van der Waals surface area contributed by atoms with Crippen LogP contribution in [0.2, 0.25) is 5.02 Å². The molecular formula is C22H19ClFN3O2S. The number of hydrogen-bond donors (Lipinski definition) is 1. The summed E-state index contributed by atoms with van der Waals surface area (Å²) in [5, 5.41) is 3.02. The second-order valence-corrected chi connectivity index (χ2v) is 8.11. The van der Waals surface area contributed by atoms with Crippen molar-refractivity contribution in [1.82, 2.24) is 5.32 Å². The Labute approximate surface area is 184 Å². The number of carbonyl (C=O) groups excluding carboxylic acids is 2. The van der Waals surface area contributed by atoms with E-state index in [-0.39, 0.29) is 16.5 Å². The number of carbonyl (C=O) groups is 2. The van der Waals surface area contributed by atoms with Gasteiger partial charge in [0, 0.05) is 18.1 Å². The molecule has 0 radical (unpaired) electrons. The lowest BCUT2D eigenvalue weighted by Gasteiger charge is -2.29. The van der Waals surface area contributed by atoms with Crippen molar-refractivity contribution < 1.29 is 14.0 Å². The first kappa shape index (κ1) is 20.5. The summed E-state index contributed by atoms with van der Waals surface area (Å²) >= 11 is 11.1. The molecule has 0 saturated carbocycles. The van der Waals surface area contributed by atoms with E-state index in [4.69, 9.17) is 23.8 Å². The van der Waals surface area contributed by atoms with Gasteiger partial charge in [0.25, 0.3) is 11.8 Å². The van der Waals surface area contributed by atoms with E-state index in [9.17, 15) is 14.0 Å². The molecule has 2 aliphatic heterocycles. The maximum absolute atomic E-state index is 14.8. The summed E-state index contributed by atoms with van der Waals surface area (Å²) in [6, 6.07) is 9.66. The smallest absolute Gasteiger partial charge is 0.270 e. The number of nitrogens with one attached hydrogen (secondary N) is 1. The molecule has 5 nitrogen and oxygen atoms in total. The second kappa shape index (κ2) is 8.16. The Morgan fingerprint density at radius 3 is 2.47 bits per heavy atom. The maximum Gasteiger partial charge on any atom is 0.270 e. The van der Waals surface area contributed by atoms with Gasteiger partial charge in [0.15, 0.2) is 5.11 Å². The van der Waals surface area contributed by atoms with E-state index in [0.29, 0.717) is 22.0 Å². The summed E-state index contributed by atoms with van der Waals surface area (Å²) < 4.78 is 14.8. The highest BCUT2D eigenvalue weighted by atomic mass is 35.5. The highest BCUT2D eigenvalue weighted by Crippen LogP contribution is 2.29. The Balaban J connectivity index is 1.70. The van der Waals surface area contributed by atoms with Crippen LogP contribution in [0.5, 0.6) is 0 Å². The molecule has 0 atom stereocenters. The molecule has 2 amide bonds. The van der Waals surface area contributed by atoms with Crippen molar-refractivity contribution in [2.75, 3.05) is 22.9 Å². The van der Waals surface area contributed by atoms with E-state index in [1.54, 1.807) is 30.3 Å². The molecule has 8 heteroatoms. The molecule has 2 aromatic rings. The zero-order valence-corrected chi connectivity index (χ0v) is 17.8. The topological polar surface area (TPSA) is 52.7 Å². The Morgan fingerprint density at radius 1 is 1.13 bits per heavy atom. The van der Waals surface area contributed by atoms with Crippen molar-refractivity contribution in [3.63, 3.8) is 0 Å². The van der Waals surface area contributed by atoms with Gasteiger partial charge in [0.1, 0.15) is 11.4 Å². The number of amides is 2. The van der Waals surface area contributed by atoms with Crippen LogP contribution < -0.4 is 15.1 Å². The van der Waals surface area contributed by atoms with Crippen LogP contribution in [0.25, 0.3) is 6.08 Å². The molecule has 30 heavy (non-hydrogen) atoms. The van der Waals surface area contributed by atoms with Crippen molar-refractivity contribution in [2.24, 2.45) is 0 Å². The summed E-state index contributed by atoms with van der Waals surface area (Å²) in [5.41, 5.74) is 2.16. The Hall–Kier alpha value is -2.77. The SMILES string of the molecule is Cc1cc(N2CCCC2)c(F)cc1/C=C1\C(=O)NC(=S)N(c2ccc(Cl)cc2)C1=O. The molecule has 0 aliphatic carbocycles. The summed E-state index contributed by atoms with van der Waals surface area (Å²) in [6.45, 7) is 3.48. The van der Waals surface area contributed by atoms with E-state index in [2.05, 4.69) is 5.32 Å². The molecule has 2 aliphatic rings. The predicted octanol–water partition coefficient (Wildman–Crippen LogP) is 4.22. The van der Waals surface area contributed by atoms with Crippen molar-refractivity contribution >= 4 is 58.2 Å². The van der Waals surface area contributed by atoms with Gasteiger partial charge in [-0.3, -0.25) is 19.8 Å². The van der Waals surface area contributed by atoms with Crippen LogP contribution >= 0.6 is 23.8 Å². The maximum atomic E-state index is 14.8. The number of nitrogens with zero attached hydrogens (tertiary/aromatic N) is 2. The minimum absolute atomic E-state index is 0.0169. The average molecular weight is 444 g/mol. The number of rotatable bonds is 3. The highest BCUT2D eigenvalue weighted by molar-refractivity contribution is 7.80. The van der Waals surface area contributed by atoms with Gasteiger partial charge in [-0.15, -0.1) is 0 Å². The van der Waals surface area contributed by atoms with Crippen molar-refractivity contribution in [3.05, 3.63) is 63.9 Å². The first-order chi connectivity index (χ1) is 14.3. The van der Waals surface area contributed by atoms with Crippen LogP contribution in [0.4, 0.5) is 15.8 Å². The van der Waals surface area contributed by atoms with Crippen LogP contribution in [-0.4, -0.2) is 30.0 Å². The number of halogens is 2. The largest absolute Gasteiger partial charge is 0.369 e. The number of benzene rings is 2. The second-order valence-electron chi connectivity index (χ2n) is 7.29. The highest BCUT2D eigenvalue weighted by Gasteiger charge is 2.34.